The van der Waals surface area contributed by atoms with Crippen LogP contribution in [0, 0.1) is 0 Å². The number of hydrogen-bond acceptors (Lipinski definition) is 5. The van der Waals surface area contributed by atoms with Gasteiger partial charge in [0.1, 0.15) is 9.77 Å². The van der Waals surface area contributed by atoms with Crippen molar-refractivity contribution in [2.75, 3.05) is 6.26 Å². The molecule has 1 aliphatic rings. The van der Waals surface area contributed by atoms with Crippen LogP contribution in [0.5, 0.6) is 0 Å². The highest BCUT2D eigenvalue weighted by Crippen LogP contribution is 2.33. The smallest absolute Gasteiger partial charge is 0.345 e. The van der Waals surface area contributed by atoms with Gasteiger partial charge in [0, 0.05) is 11.3 Å². The first-order valence-electron chi connectivity index (χ1n) is 6.41. The maximum atomic E-state index is 12.4. The highest BCUT2D eigenvalue weighted by Gasteiger charge is 2.29. The molecule has 1 aromatic rings. The zero-order valence-electron chi connectivity index (χ0n) is 11.3. The average Bonchev–Trinajstić information content (AvgIpc) is 2.81. The molecule has 2 atom stereocenters. The summed E-state index contributed by atoms with van der Waals surface area (Å²) in [5, 5.41) is 9.43. The fraction of sp³-hybridized carbons (Fsp3) is 0.583. The Morgan fingerprint density at radius 1 is 1.52 bits per heavy atom. The maximum absolute atomic E-state index is 12.4. The van der Waals surface area contributed by atoms with Crippen molar-refractivity contribution in [3.8, 4) is 0 Å². The van der Waals surface area contributed by atoms with E-state index in [4.69, 9.17) is 5.11 Å². The zero-order valence-corrected chi connectivity index (χ0v) is 15.4. The molecule has 21 heavy (non-hydrogen) atoms. The van der Waals surface area contributed by atoms with Gasteiger partial charge in [-0.05, 0) is 47.5 Å². The number of rotatable bonds is 5. The summed E-state index contributed by atoms with van der Waals surface area (Å²) in [5.74, 6) is -1.12. The van der Waals surface area contributed by atoms with Gasteiger partial charge in [0.05, 0.1) is 3.79 Å². The summed E-state index contributed by atoms with van der Waals surface area (Å²) in [5.41, 5.74) is 0. The van der Waals surface area contributed by atoms with E-state index in [-0.39, 0.29) is 15.8 Å². The average molecular weight is 414 g/mol. The van der Waals surface area contributed by atoms with Gasteiger partial charge in [-0.25, -0.2) is 17.9 Å². The number of aromatic carboxylic acids is 1. The van der Waals surface area contributed by atoms with Crippen LogP contribution in [-0.4, -0.2) is 37.0 Å². The van der Waals surface area contributed by atoms with Crippen molar-refractivity contribution < 1.29 is 18.3 Å². The molecular formula is C12H16BrNO4S3. The van der Waals surface area contributed by atoms with Crippen LogP contribution in [0.4, 0.5) is 0 Å². The monoisotopic (exact) mass is 413 g/mol. The SMILES string of the molecule is CSC1CCCC(NS(=O)(=O)c2cc(C(=O)O)sc2Br)C1. The Labute approximate surface area is 140 Å². The van der Waals surface area contributed by atoms with Crippen molar-refractivity contribution in [1.29, 1.82) is 0 Å². The van der Waals surface area contributed by atoms with Gasteiger partial charge < -0.3 is 5.11 Å². The van der Waals surface area contributed by atoms with Gasteiger partial charge in [0.25, 0.3) is 0 Å². The number of nitrogens with one attached hydrogen (secondary N) is 1. The number of thiophene rings is 1. The Morgan fingerprint density at radius 2 is 2.24 bits per heavy atom. The molecule has 1 heterocycles. The maximum Gasteiger partial charge on any atom is 0.345 e. The molecule has 0 aliphatic heterocycles. The molecule has 1 aliphatic carbocycles. The molecule has 0 radical (unpaired) electrons. The minimum absolute atomic E-state index is 0.00730. The molecule has 2 N–H and O–H groups in total. The number of thioether (sulfide) groups is 1. The first-order valence-corrected chi connectivity index (χ1v) is 10.8. The quantitative estimate of drug-likeness (QED) is 0.774. The number of sulfonamides is 1. The van der Waals surface area contributed by atoms with Gasteiger partial charge in [0.15, 0.2) is 0 Å². The predicted molar refractivity (Wildman–Crippen MR) is 88.9 cm³/mol. The molecule has 1 aromatic heterocycles. The molecule has 9 heteroatoms. The van der Waals surface area contributed by atoms with Gasteiger partial charge in [-0.2, -0.15) is 11.8 Å². The van der Waals surface area contributed by atoms with Crippen molar-refractivity contribution in [3.05, 3.63) is 14.7 Å². The van der Waals surface area contributed by atoms with Gasteiger partial charge in [-0.1, -0.05) is 6.42 Å². The predicted octanol–water partition coefficient (Wildman–Crippen LogP) is 3.16. The van der Waals surface area contributed by atoms with E-state index >= 15 is 0 Å². The molecule has 1 fully saturated rings. The lowest BCUT2D eigenvalue weighted by molar-refractivity contribution is 0.0702. The van der Waals surface area contributed by atoms with Crippen LogP contribution in [0.2, 0.25) is 0 Å². The van der Waals surface area contributed by atoms with Gasteiger partial charge in [0.2, 0.25) is 10.0 Å². The normalized spacial score (nSPS) is 23.1. The van der Waals surface area contributed by atoms with Crippen LogP contribution >= 0.6 is 39.0 Å². The lowest BCUT2D eigenvalue weighted by Gasteiger charge is -2.28. The summed E-state index contributed by atoms with van der Waals surface area (Å²) in [7, 11) is -3.69. The van der Waals surface area contributed by atoms with Crippen LogP contribution < -0.4 is 4.72 Å². The fourth-order valence-corrected chi connectivity index (χ4v) is 6.90. The molecule has 2 rings (SSSR count). The van der Waals surface area contributed by atoms with E-state index in [0.717, 1.165) is 37.0 Å². The minimum atomic E-state index is -3.69. The van der Waals surface area contributed by atoms with E-state index < -0.39 is 16.0 Å². The Balaban J connectivity index is 2.16. The third-order valence-corrected chi connectivity index (χ3v) is 8.29. The van der Waals surface area contributed by atoms with Crippen molar-refractivity contribution >= 4 is 55.0 Å². The van der Waals surface area contributed by atoms with Gasteiger partial charge >= 0.3 is 5.97 Å². The highest BCUT2D eigenvalue weighted by molar-refractivity contribution is 9.11. The highest BCUT2D eigenvalue weighted by atomic mass is 79.9. The number of carbonyl (C=O) groups is 1. The molecule has 2 unspecified atom stereocenters. The number of halogens is 1. The molecule has 0 amide bonds. The second-order valence-corrected chi connectivity index (χ2v) is 10.1. The van der Waals surface area contributed by atoms with Gasteiger partial charge in [-0.3, -0.25) is 0 Å². The van der Waals surface area contributed by atoms with Crippen LogP contribution in [0.1, 0.15) is 35.4 Å². The Bertz CT molecular complexity index is 628. The summed E-state index contributed by atoms with van der Waals surface area (Å²) in [6.07, 6.45) is 5.79. The van der Waals surface area contributed by atoms with E-state index in [1.165, 1.54) is 6.07 Å². The number of carboxylic acid groups (broad SMARTS) is 1. The molecule has 0 bridgehead atoms. The minimum Gasteiger partial charge on any atom is -0.477 e. The van der Waals surface area contributed by atoms with E-state index in [9.17, 15) is 13.2 Å². The van der Waals surface area contributed by atoms with E-state index in [1.807, 2.05) is 6.26 Å². The molecule has 118 valence electrons. The zero-order chi connectivity index (χ0) is 15.6. The summed E-state index contributed by atoms with van der Waals surface area (Å²) in [6.45, 7) is 0. The van der Waals surface area contributed by atoms with Crippen molar-refractivity contribution in [1.82, 2.24) is 4.72 Å². The molecule has 1 saturated carbocycles. The fourth-order valence-electron chi connectivity index (χ4n) is 2.39. The lowest BCUT2D eigenvalue weighted by atomic mass is 9.96. The van der Waals surface area contributed by atoms with Gasteiger partial charge in [-0.15, -0.1) is 11.3 Å². The van der Waals surface area contributed by atoms with Crippen molar-refractivity contribution in [2.45, 2.75) is 41.9 Å². The number of carboxylic acids is 1. The van der Waals surface area contributed by atoms with E-state index in [0.29, 0.717) is 9.04 Å². The molecule has 0 aromatic carbocycles. The second kappa shape index (κ2) is 6.99. The van der Waals surface area contributed by atoms with Crippen molar-refractivity contribution in [3.63, 3.8) is 0 Å². The number of hydrogen-bond donors (Lipinski definition) is 2. The largest absolute Gasteiger partial charge is 0.477 e. The van der Waals surface area contributed by atoms with Crippen LogP contribution in [-0.2, 0) is 10.0 Å². The Kier molecular flexibility index (Phi) is 5.75. The third-order valence-electron chi connectivity index (χ3n) is 3.44. The Morgan fingerprint density at radius 3 is 2.81 bits per heavy atom. The molecule has 5 nitrogen and oxygen atoms in total. The summed E-state index contributed by atoms with van der Waals surface area (Å²) < 4.78 is 27.9. The van der Waals surface area contributed by atoms with Crippen molar-refractivity contribution in [2.24, 2.45) is 0 Å². The molecule has 0 saturated heterocycles. The van der Waals surface area contributed by atoms with Crippen LogP contribution in [0.15, 0.2) is 14.7 Å². The van der Waals surface area contributed by atoms with Crippen LogP contribution in [0.25, 0.3) is 0 Å². The second-order valence-electron chi connectivity index (χ2n) is 4.90. The third kappa shape index (κ3) is 4.22. The summed E-state index contributed by atoms with van der Waals surface area (Å²) in [4.78, 5) is 11.0. The first-order chi connectivity index (χ1) is 9.83. The summed E-state index contributed by atoms with van der Waals surface area (Å²) >= 11 is 5.82. The molecular weight excluding hydrogens is 398 g/mol. The first kappa shape index (κ1) is 17.3. The van der Waals surface area contributed by atoms with Crippen LogP contribution in [0.3, 0.4) is 0 Å². The lowest BCUT2D eigenvalue weighted by Crippen LogP contribution is -2.39. The van der Waals surface area contributed by atoms with E-state index in [2.05, 4.69) is 20.7 Å². The molecule has 0 spiro atoms. The standard InChI is InChI=1S/C12H16BrNO4S3/c1-19-8-4-2-3-7(5-8)14-21(17,18)10-6-9(12(15)16)20-11(10)13/h6-8,14H,2-5H2,1H3,(H,15,16). The topological polar surface area (TPSA) is 83.5 Å². The Hall–Kier alpha value is -0.0900. The van der Waals surface area contributed by atoms with E-state index in [1.54, 1.807) is 11.8 Å². The summed E-state index contributed by atoms with van der Waals surface area (Å²) in [6, 6.07) is 1.12.